The first-order valence-electron chi connectivity index (χ1n) is 11.2. The Bertz CT molecular complexity index is 1630. The molecule has 0 atom stereocenters. The van der Waals surface area contributed by atoms with Crippen LogP contribution in [0.15, 0.2) is 65.1 Å². The van der Waals surface area contributed by atoms with Gasteiger partial charge in [0, 0.05) is 22.6 Å². The van der Waals surface area contributed by atoms with Gasteiger partial charge in [0.05, 0.1) is 23.7 Å². The minimum Gasteiger partial charge on any atom is -0.497 e. The van der Waals surface area contributed by atoms with Crippen LogP contribution >= 0.6 is 11.6 Å². The number of halogens is 1. The maximum Gasteiger partial charge on any atom is 0.335 e. The molecule has 2 aromatic heterocycles. The van der Waals surface area contributed by atoms with Crippen molar-refractivity contribution in [1.82, 2.24) is 9.97 Å². The van der Waals surface area contributed by atoms with E-state index in [-0.39, 0.29) is 5.56 Å². The van der Waals surface area contributed by atoms with E-state index in [0.29, 0.717) is 38.9 Å². The number of fused-ring (bicyclic) bond motifs is 3. The van der Waals surface area contributed by atoms with E-state index in [4.69, 9.17) is 30.7 Å². The van der Waals surface area contributed by atoms with Crippen LogP contribution in [0.1, 0.15) is 22.3 Å². The first-order chi connectivity index (χ1) is 17.0. The van der Waals surface area contributed by atoms with Crippen LogP contribution in [0.25, 0.3) is 33.5 Å². The lowest BCUT2D eigenvalue weighted by Crippen LogP contribution is -2.26. The van der Waals surface area contributed by atoms with Gasteiger partial charge in [0.2, 0.25) is 0 Å². The Kier molecular flexibility index (Phi) is 5.07. The average molecular weight is 486 g/mol. The maximum absolute atomic E-state index is 11.6. The second-order valence-corrected chi connectivity index (χ2v) is 8.88. The zero-order valence-electron chi connectivity index (χ0n) is 18.8. The van der Waals surface area contributed by atoms with Crippen LogP contribution in [-0.2, 0) is 6.42 Å². The number of carboxylic acid groups (broad SMARTS) is 1. The predicted octanol–water partition coefficient (Wildman–Crippen LogP) is 6.49. The van der Waals surface area contributed by atoms with Crippen molar-refractivity contribution in [3.8, 4) is 17.2 Å². The van der Waals surface area contributed by atoms with E-state index in [2.05, 4.69) is 4.90 Å². The van der Waals surface area contributed by atoms with Crippen molar-refractivity contribution in [3.05, 3.63) is 76.8 Å². The van der Waals surface area contributed by atoms with Gasteiger partial charge in [0.25, 0.3) is 0 Å². The maximum atomic E-state index is 11.6. The van der Waals surface area contributed by atoms with E-state index in [1.165, 1.54) is 6.07 Å². The highest BCUT2D eigenvalue weighted by molar-refractivity contribution is 6.31. The molecule has 35 heavy (non-hydrogen) atoms. The smallest absolute Gasteiger partial charge is 0.335 e. The monoisotopic (exact) mass is 485 g/mol. The quantitative estimate of drug-likeness (QED) is 0.311. The number of aromatic carboxylic acids is 1. The van der Waals surface area contributed by atoms with Crippen LogP contribution in [-0.4, -0.2) is 34.7 Å². The number of furan rings is 1. The molecule has 0 saturated heterocycles. The van der Waals surface area contributed by atoms with Crippen molar-refractivity contribution < 1.29 is 19.1 Å². The standard InChI is InChI=1S/C27H20ClN3O4/c1-34-19-6-8-22-15(12-19)3-2-10-31(22)26-25(24-14-17-11-18(28)5-9-23(17)35-24)29-20-7-4-16(27(32)33)13-21(20)30-26/h4-9,11-14H,2-3,10H2,1H3,(H,32,33). The molecule has 0 saturated carbocycles. The summed E-state index contributed by atoms with van der Waals surface area (Å²) in [4.78, 5) is 23.5. The highest BCUT2D eigenvalue weighted by atomic mass is 35.5. The largest absolute Gasteiger partial charge is 0.497 e. The highest BCUT2D eigenvalue weighted by Gasteiger charge is 2.26. The van der Waals surface area contributed by atoms with Crippen molar-refractivity contribution in [2.24, 2.45) is 0 Å². The number of methoxy groups -OCH3 is 1. The lowest BCUT2D eigenvalue weighted by Gasteiger charge is -2.31. The molecule has 8 heteroatoms. The molecule has 7 nitrogen and oxygen atoms in total. The van der Waals surface area contributed by atoms with E-state index >= 15 is 0 Å². The Labute approximate surface area is 205 Å². The third kappa shape index (κ3) is 3.74. The SMILES string of the molecule is COc1ccc2c(c1)CCCN2c1nc2cc(C(=O)O)ccc2nc1-c1cc2cc(Cl)ccc2o1. The van der Waals surface area contributed by atoms with Crippen LogP contribution in [0.5, 0.6) is 5.75 Å². The summed E-state index contributed by atoms with van der Waals surface area (Å²) in [6, 6.07) is 18.1. The number of aromatic nitrogens is 2. The minimum absolute atomic E-state index is 0.160. The molecule has 0 fully saturated rings. The van der Waals surface area contributed by atoms with Crippen LogP contribution in [0.4, 0.5) is 11.5 Å². The van der Waals surface area contributed by atoms with Crippen LogP contribution in [0, 0.1) is 0 Å². The third-order valence-corrected chi connectivity index (χ3v) is 6.50. The first-order valence-corrected chi connectivity index (χ1v) is 11.6. The molecule has 1 aliphatic heterocycles. The first kappa shape index (κ1) is 21.4. The molecule has 0 spiro atoms. The number of ether oxygens (including phenoxy) is 1. The van der Waals surface area contributed by atoms with Gasteiger partial charge in [-0.15, -0.1) is 0 Å². The molecular weight excluding hydrogens is 466 g/mol. The van der Waals surface area contributed by atoms with Crippen molar-refractivity contribution >= 4 is 51.1 Å². The summed E-state index contributed by atoms with van der Waals surface area (Å²) in [5.74, 6) is 0.963. The van der Waals surface area contributed by atoms with Gasteiger partial charge in [0.15, 0.2) is 11.6 Å². The zero-order valence-corrected chi connectivity index (χ0v) is 19.5. The summed E-state index contributed by atoms with van der Waals surface area (Å²) >= 11 is 6.19. The Hall–Kier alpha value is -4.10. The number of anilines is 2. The van der Waals surface area contributed by atoms with Crippen LogP contribution < -0.4 is 9.64 Å². The molecule has 174 valence electrons. The Balaban J connectivity index is 1.59. The second-order valence-electron chi connectivity index (χ2n) is 8.45. The predicted molar refractivity (Wildman–Crippen MR) is 135 cm³/mol. The molecule has 3 aromatic carbocycles. The molecular formula is C27H20ClN3O4. The van der Waals surface area contributed by atoms with Gasteiger partial charge >= 0.3 is 5.97 Å². The summed E-state index contributed by atoms with van der Waals surface area (Å²) in [7, 11) is 1.66. The number of hydrogen-bond donors (Lipinski definition) is 1. The number of aryl methyl sites for hydroxylation is 1. The van der Waals surface area contributed by atoms with E-state index in [1.807, 2.05) is 36.4 Å². The second kappa shape index (κ2) is 8.29. The van der Waals surface area contributed by atoms with Gasteiger partial charge in [-0.05, 0) is 79.1 Å². The fourth-order valence-corrected chi connectivity index (χ4v) is 4.76. The molecule has 0 unspecified atom stereocenters. The topological polar surface area (TPSA) is 88.7 Å². The number of rotatable bonds is 4. The van der Waals surface area contributed by atoms with E-state index in [9.17, 15) is 9.90 Å². The third-order valence-electron chi connectivity index (χ3n) is 6.27. The normalized spacial score (nSPS) is 13.3. The van der Waals surface area contributed by atoms with E-state index in [0.717, 1.165) is 41.8 Å². The summed E-state index contributed by atoms with van der Waals surface area (Å²) in [6.45, 7) is 0.733. The van der Waals surface area contributed by atoms with Gasteiger partial charge in [0.1, 0.15) is 17.0 Å². The minimum atomic E-state index is -1.01. The van der Waals surface area contributed by atoms with Gasteiger partial charge in [-0.3, -0.25) is 0 Å². The van der Waals surface area contributed by atoms with Gasteiger partial charge in [-0.2, -0.15) is 0 Å². The number of hydrogen-bond acceptors (Lipinski definition) is 6. The highest BCUT2D eigenvalue weighted by Crippen LogP contribution is 2.41. The van der Waals surface area contributed by atoms with Crippen LogP contribution in [0.2, 0.25) is 5.02 Å². The molecule has 6 rings (SSSR count). The summed E-state index contributed by atoms with van der Waals surface area (Å²) in [5, 5.41) is 11.0. The van der Waals surface area contributed by atoms with E-state index < -0.39 is 5.97 Å². The van der Waals surface area contributed by atoms with Gasteiger partial charge in [-0.1, -0.05) is 11.6 Å². The van der Waals surface area contributed by atoms with Crippen molar-refractivity contribution in [2.45, 2.75) is 12.8 Å². The molecule has 1 aliphatic rings. The average Bonchev–Trinajstić information content (AvgIpc) is 3.29. The zero-order chi connectivity index (χ0) is 24.1. The Morgan fingerprint density at radius 2 is 1.94 bits per heavy atom. The summed E-state index contributed by atoms with van der Waals surface area (Å²) in [6.07, 6.45) is 1.84. The summed E-state index contributed by atoms with van der Waals surface area (Å²) < 4.78 is 11.6. The van der Waals surface area contributed by atoms with Gasteiger partial charge in [-0.25, -0.2) is 14.8 Å². The number of benzene rings is 3. The molecule has 3 heterocycles. The lowest BCUT2D eigenvalue weighted by molar-refractivity contribution is 0.0697. The molecule has 0 aliphatic carbocycles. The summed E-state index contributed by atoms with van der Waals surface area (Å²) in [5.41, 5.74) is 4.69. The van der Waals surface area contributed by atoms with Crippen molar-refractivity contribution in [1.29, 1.82) is 0 Å². The molecule has 0 bridgehead atoms. The van der Waals surface area contributed by atoms with E-state index in [1.54, 1.807) is 25.3 Å². The van der Waals surface area contributed by atoms with Crippen molar-refractivity contribution in [2.75, 3.05) is 18.6 Å². The number of carbonyl (C=O) groups is 1. The molecule has 5 aromatic rings. The molecule has 0 radical (unpaired) electrons. The Morgan fingerprint density at radius 3 is 2.77 bits per heavy atom. The van der Waals surface area contributed by atoms with Crippen LogP contribution in [0.3, 0.4) is 0 Å². The molecule has 0 amide bonds. The lowest BCUT2D eigenvalue weighted by atomic mass is 10.0. The van der Waals surface area contributed by atoms with Gasteiger partial charge < -0.3 is 19.2 Å². The molecule has 1 N–H and O–H groups in total. The number of nitrogens with zero attached hydrogens (tertiary/aromatic N) is 3. The number of carboxylic acids is 1. The Morgan fingerprint density at radius 1 is 1.06 bits per heavy atom. The van der Waals surface area contributed by atoms with Crippen molar-refractivity contribution in [3.63, 3.8) is 0 Å². The fourth-order valence-electron chi connectivity index (χ4n) is 4.58. The fraction of sp³-hybridized carbons (Fsp3) is 0.148.